The number of hydrogen-bond donors (Lipinski definition) is 0. The molecule has 0 atom stereocenters. The van der Waals surface area contributed by atoms with Crippen LogP contribution in [0, 0.1) is 0 Å². The number of carbonyl (C=O) groups excluding carboxylic acids is 1. The monoisotopic (exact) mass is 396 g/mol. The van der Waals surface area contributed by atoms with Crippen molar-refractivity contribution >= 4 is 50.0 Å². The molecule has 0 aliphatic rings. The second-order valence-electron chi connectivity index (χ2n) is 5.78. The summed E-state index contributed by atoms with van der Waals surface area (Å²) in [7, 11) is 0. The fourth-order valence-electron chi connectivity index (χ4n) is 2.79. The number of allylic oxidation sites excluding steroid dienone is 1. The summed E-state index contributed by atoms with van der Waals surface area (Å²) in [6.07, 6.45) is 1.72. The number of carbonyl (C=O) groups is 1. The zero-order valence-corrected chi connectivity index (χ0v) is 15.6. The zero-order chi connectivity index (χ0) is 19.0. The second kappa shape index (κ2) is 6.98. The number of hydrogen-bond acceptors (Lipinski definition) is 4. The lowest BCUT2D eigenvalue weighted by Crippen LogP contribution is -2.17. The third-order valence-corrected chi connectivity index (χ3v) is 5.28. The van der Waals surface area contributed by atoms with E-state index in [9.17, 15) is 9.59 Å². The summed E-state index contributed by atoms with van der Waals surface area (Å²) in [6, 6.07) is 13.4. The van der Waals surface area contributed by atoms with Crippen molar-refractivity contribution in [1.29, 1.82) is 0 Å². The Morgan fingerprint density at radius 1 is 1.26 bits per heavy atom. The van der Waals surface area contributed by atoms with Gasteiger partial charge in [0, 0.05) is 17.6 Å². The SMILES string of the molecule is C=CCn1c(=NC(=O)c2cc(=O)c3ccccc3o2)sc2cc(Cl)ccc21. The van der Waals surface area contributed by atoms with Gasteiger partial charge in [-0.05, 0) is 30.3 Å². The van der Waals surface area contributed by atoms with E-state index < -0.39 is 5.91 Å². The minimum Gasteiger partial charge on any atom is -0.451 e. The van der Waals surface area contributed by atoms with Gasteiger partial charge in [-0.25, -0.2) is 0 Å². The van der Waals surface area contributed by atoms with Crippen LogP contribution in [0.3, 0.4) is 0 Å². The van der Waals surface area contributed by atoms with Crippen molar-refractivity contribution in [2.45, 2.75) is 6.54 Å². The summed E-state index contributed by atoms with van der Waals surface area (Å²) in [5, 5.41) is 1.03. The molecule has 0 saturated carbocycles. The Bertz CT molecular complexity index is 1330. The number of nitrogens with zero attached hydrogens (tertiary/aromatic N) is 2. The molecule has 4 aromatic rings. The molecule has 2 heterocycles. The molecule has 0 N–H and O–H groups in total. The van der Waals surface area contributed by atoms with Gasteiger partial charge in [-0.1, -0.05) is 41.1 Å². The quantitative estimate of drug-likeness (QED) is 0.482. The van der Waals surface area contributed by atoms with E-state index in [1.807, 2.05) is 16.7 Å². The van der Waals surface area contributed by atoms with Gasteiger partial charge in [0.2, 0.25) is 0 Å². The maximum atomic E-state index is 12.7. The van der Waals surface area contributed by atoms with Gasteiger partial charge < -0.3 is 8.98 Å². The average molecular weight is 397 g/mol. The normalized spacial score (nSPS) is 12.0. The van der Waals surface area contributed by atoms with Crippen molar-refractivity contribution < 1.29 is 9.21 Å². The highest BCUT2D eigenvalue weighted by atomic mass is 35.5. The Morgan fingerprint density at radius 2 is 2.07 bits per heavy atom. The first-order valence-electron chi connectivity index (χ1n) is 8.08. The molecule has 0 radical (unpaired) electrons. The highest BCUT2D eigenvalue weighted by molar-refractivity contribution is 7.16. The van der Waals surface area contributed by atoms with E-state index in [2.05, 4.69) is 11.6 Å². The highest BCUT2D eigenvalue weighted by Crippen LogP contribution is 2.22. The minimum atomic E-state index is -0.617. The molecule has 0 spiro atoms. The van der Waals surface area contributed by atoms with Crippen LogP contribution in [0.4, 0.5) is 0 Å². The molecule has 7 heteroatoms. The lowest BCUT2D eigenvalue weighted by atomic mass is 10.2. The lowest BCUT2D eigenvalue weighted by Gasteiger charge is -2.01. The maximum Gasteiger partial charge on any atom is 0.315 e. The van der Waals surface area contributed by atoms with Gasteiger partial charge in [0.1, 0.15) is 5.58 Å². The van der Waals surface area contributed by atoms with Crippen LogP contribution in [0.5, 0.6) is 0 Å². The lowest BCUT2D eigenvalue weighted by molar-refractivity contribution is 0.0972. The predicted octanol–water partition coefficient (Wildman–Crippen LogP) is 4.39. The van der Waals surface area contributed by atoms with Crippen molar-refractivity contribution in [1.82, 2.24) is 4.57 Å². The number of amides is 1. The molecule has 1 amide bonds. The molecule has 27 heavy (non-hydrogen) atoms. The molecule has 0 unspecified atom stereocenters. The molecular weight excluding hydrogens is 384 g/mol. The Labute approximate surface area is 162 Å². The van der Waals surface area contributed by atoms with Gasteiger partial charge in [0.25, 0.3) is 0 Å². The molecule has 134 valence electrons. The van der Waals surface area contributed by atoms with Crippen LogP contribution in [-0.2, 0) is 6.54 Å². The van der Waals surface area contributed by atoms with Gasteiger partial charge >= 0.3 is 5.91 Å². The smallest absolute Gasteiger partial charge is 0.315 e. The summed E-state index contributed by atoms with van der Waals surface area (Å²) in [6.45, 7) is 4.24. The van der Waals surface area contributed by atoms with E-state index in [-0.39, 0.29) is 11.2 Å². The summed E-state index contributed by atoms with van der Waals surface area (Å²) < 4.78 is 8.34. The molecule has 0 aliphatic heterocycles. The van der Waals surface area contributed by atoms with Crippen LogP contribution in [0.1, 0.15) is 10.6 Å². The van der Waals surface area contributed by atoms with E-state index >= 15 is 0 Å². The number of aromatic nitrogens is 1. The fourth-order valence-corrected chi connectivity index (χ4v) is 4.10. The first-order chi connectivity index (χ1) is 13.1. The fraction of sp³-hybridized carbons (Fsp3) is 0.0500. The number of rotatable bonds is 3. The number of fused-ring (bicyclic) bond motifs is 2. The zero-order valence-electron chi connectivity index (χ0n) is 14.0. The number of halogens is 1. The third-order valence-electron chi connectivity index (χ3n) is 4.00. The van der Waals surface area contributed by atoms with Gasteiger partial charge in [-0.15, -0.1) is 6.58 Å². The van der Waals surface area contributed by atoms with E-state index in [0.29, 0.717) is 27.3 Å². The van der Waals surface area contributed by atoms with E-state index in [1.54, 1.807) is 36.4 Å². The van der Waals surface area contributed by atoms with Crippen LogP contribution in [0.25, 0.3) is 21.2 Å². The van der Waals surface area contributed by atoms with Gasteiger partial charge in [0.05, 0.1) is 15.6 Å². The van der Waals surface area contributed by atoms with Crippen molar-refractivity contribution in [3.8, 4) is 0 Å². The molecule has 4 rings (SSSR count). The average Bonchev–Trinajstić information content (AvgIpc) is 2.98. The van der Waals surface area contributed by atoms with Crippen LogP contribution >= 0.6 is 22.9 Å². The molecule has 2 aromatic heterocycles. The Morgan fingerprint density at radius 3 is 2.89 bits per heavy atom. The summed E-state index contributed by atoms with van der Waals surface area (Å²) in [5.41, 5.74) is 0.971. The highest BCUT2D eigenvalue weighted by Gasteiger charge is 2.13. The van der Waals surface area contributed by atoms with Crippen molar-refractivity contribution in [2.75, 3.05) is 0 Å². The van der Waals surface area contributed by atoms with E-state index in [4.69, 9.17) is 16.0 Å². The topological polar surface area (TPSA) is 64.6 Å². The van der Waals surface area contributed by atoms with Gasteiger partial charge in [-0.3, -0.25) is 9.59 Å². The Hall–Kier alpha value is -2.96. The van der Waals surface area contributed by atoms with Crippen molar-refractivity contribution in [3.63, 3.8) is 0 Å². The molecule has 5 nitrogen and oxygen atoms in total. The first-order valence-corrected chi connectivity index (χ1v) is 9.28. The largest absolute Gasteiger partial charge is 0.451 e. The third kappa shape index (κ3) is 3.25. The minimum absolute atomic E-state index is 0.0978. The maximum absolute atomic E-state index is 12.7. The Kier molecular flexibility index (Phi) is 4.51. The number of thiazole rings is 1. The van der Waals surface area contributed by atoms with Crippen LogP contribution < -0.4 is 10.2 Å². The van der Waals surface area contributed by atoms with Crippen LogP contribution in [0.15, 0.2) is 75.4 Å². The molecule has 0 bridgehead atoms. The van der Waals surface area contributed by atoms with Crippen LogP contribution in [0.2, 0.25) is 5.02 Å². The summed E-state index contributed by atoms with van der Waals surface area (Å²) in [4.78, 5) is 29.5. The van der Waals surface area contributed by atoms with Crippen molar-refractivity contribution in [3.05, 3.63) is 87.0 Å². The first kappa shape index (κ1) is 17.5. The van der Waals surface area contributed by atoms with Crippen LogP contribution in [-0.4, -0.2) is 10.5 Å². The summed E-state index contributed by atoms with van der Waals surface area (Å²) in [5.74, 6) is -0.715. The molecule has 0 aliphatic carbocycles. The number of benzene rings is 2. The summed E-state index contributed by atoms with van der Waals surface area (Å²) >= 11 is 7.39. The van der Waals surface area contributed by atoms with Gasteiger partial charge in [-0.2, -0.15) is 4.99 Å². The van der Waals surface area contributed by atoms with Gasteiger partial charge in [0.15, 0.2) is 16.0 Å². The molecule has 0 saturated heterocycles. The van der Waals surface area contributed by atoms with Crippen molar-refractivity contribution in [2.24, 2.45) is 4.99 Å². The Balaban J connectivity index is 1.88. The second-order valence-corrected chi connectivity index (χ2v) is 7.23. The molecule has 2 aromatic carbocycles. The number of para-hydroxylation sites is 1. The van der Waals surface area contributed by atoms with E-state index in [0.717, 1.165) is 10.2 Å². The predicted molar refractivity (Wildman–Crippen MR) is 107 cm³/mol. The standard InChI is InChI=1S/C20H13ClN2O3S/c1-2-9-23-14-8-7-12(21)10-18(14)27-20(23)22-19(25)17-11-15(24)13-5-3-4-6-16(13)26-17/h2-8,10-11H,1,9H2. The molecular formula is C20H13ClN2O3S. The molecule has 0 fully saturated rings. The van der Waals surface area contributed by atoms with E-state index in [1.165, 1.54) is 17.4 Å².